The minimum absolute atomic E-state index is 0.0434. The van der Waals surface area contributed by atoms with Crippen LogP contribution >= 0.6 is 0 Å². The SMILES string of the molecule is COc1ncc(C(F)(F)F)c2cn(COCC[Si](C)(C)C)nc12. The molecular weight excluding hydrogens is 327 g/mol. The fourth-order valence-electron chi connectivity index (χ4n) is 2.01. The predicted octanol–water partition coefficient (Wildman–Crippen LogP) is 3.77. The smallest absolute Gasteiger partial charge is 0.418 e. The second-order valence-electron chi connectivity index (χ2n) is 6.46. The van der Waals surface area contributed by atoms with Gasteiger partial charge in [-0.25, -0.2) is 9.67 Å². The Morgan fingerprint density at radius 2 is 1.96 bits per heavy atom. The lowest BCUT2D eigenvalue weighted by atomic mass is 10.2. The van der Waals surface area contributed by atoms with Gasteiger partial charge >= 0.3 is 6.18 Å². The molecule has 0 aliphatic heterocycles. The number of fused-ring (bicyclic) bond motifs is 1. The Balaban J connectivity index is 2.23. The Labute approximate surface area is 133 Å². The van der Waals surface area contributed by atoms with Crippen molar-refractivity contribution >= 4 is 19.0 Å². The van der Waals surface area contributed by atoms with Crippen LogP contribution < -0.4 is 4.74 Å². The average Bonchev–Trinajstić information content (AvgIpc) is 2.83. The van der Waals surface area contributed by atoms with Crippen molar-refractivity contribution in [3.05, 3.63) is 18.0 Å². The van der Waals surface area contributed by atoms with Crippen molar-refractivity contribution in [2.75, 3.05) is 13.7 Å². The summed E-state index contributed by atoms with van der Waals surface area (Å²) in [6.07, 6.45) is -2.42. The first-order chi connectivity index (χ1) is 10.6. The van der Waals surface area contributed by atoms with Gasteiger partial charge in [0, 0.05) is 32.5 Å². The Hall–Kier alpha value is -1.61. The molecule has 0 bridgehead atoms. The van der Waals surface area contributed by atoms with E-state index in [4.69, 9.17) is 9.47 Å². The molecule has 0 spiro atoms. The summed E-state index contributed by atoms with van der Waals surface area (Å²) >= 11 is 0. The Morgan fingerprint density at radius 1 is 1.26 bits per heavy atom. The van der Waals surface area contributed by atoms with Gasteiger partial charge in [0.05, 0.1) is 12.7 Å². The molecule has 0 saturated heterocycles. The topological polar surface area (TPSA) is 49.2 Å². The molecule has 2 aromatic rings. The van der Waals surface area contributed by atoms with Crippen LogP contribution in [0, 0.1) is 0 Å². The highest BCUT2D eigenvalue weighted by Crippen LogP contribution is 2.36. The summed E-state index contributed by atoms with van der Waals surface area (Å²) in [6, 6.07) is 0.979. The second-order valence-corrected chi connectivity index (χ2v) is 12.1. The standard InChI is InChI=1S/C14H20F3N3O2Si/c1-21-13-12-10(11(7-18-13)14(15,16)17)8-20(19-12)9-22-5-6-23(2,3)4/h7-8H,5-6,9H2,1-4H3. The maximum atomic E-state index is 13.1. The molecule has 0 aromatic carbocycles. The minimum atomic E-state index is -4.50. The molecule has 0 aliphatic rings. The Kier molecular flexibility index (Phi) is 5.00. The van der Waals surface area contributed by atoms with Gasteiger partial charge in [0.2, 0.25) is 5.88 Å². The molecule has 0 N–H and O–H groups in total. The number of hydrogen-bond donors (Lipinski definition) is 0. The van der Waals surface area contributed by atoms with Crippen LogP contribution in [0.1, 0.15) is 5.56 Å². The molecule has 2 rings (SSSR count). The zero-order valence-electron chi connectivity index (χ0n) is 13.6. The molecular formula is C14H20F3N3O2Si. The maximum Gasteiger partial charge on any atom is 0.418 e. The van der Waals surface area contributed by atoms with Crippen LogP contribution in [0.3, 0.4) is 0 Å². The van der Waals surface area contributed by atoms with E-state index in [0.29, 0.717) is 6.61 Å². The average molecular weight is 347 g/mol. The summed E-state index contributed by atoms with van der Waals surface area (Å²) in [5.74, 6) is 0.0637. The van der Waals surface area contributed by atoms with Crippen molar-refractivity contribution in [1.82, 2.24) is 14.8 Å². The van der Waals surface area contributed by atoms with Gasteiger partial charge in [-0.15, -0.1) is 0 Å². The molecule has 0 fully saturated rings. The number of methoxy groups -OCH3 is 1. The molecule has 2 heterocycles. The first-order valence-corrected chi connectivity index (χ1v) is 10.9. The molecule has 0 saturated carbocycles. The van der Waals surface area contributed by atoms with Gasteiger partial charge in [0.25, 0.3) is 0 Å². The highest BCUT2D eigenvalue weighted by Gasteiger charge is 2.34. The van der Waals surface area contributed by atoms with Gasteiger partial charge in [-0.05, 0) is 6.04 Å². The lowest BCUT2D eigenvalue weighted by Gasteiger charge is -2.15. The predicted molar refractivity (Wildman–Crippen MR) is 83.2 cm³/mol. The second kappa shape index (κ2) is 6.48. The lowest BCUT2D eigenvalue weighted by molar-refractivity contribution is -0.136. The highest BCUT2D eigenvalue weighted by molar-refractivity contribution is 6.76. The van der Waals surface area contributed by atoms with E-state index in [0.717, 1.165) is 12.2 Å². The Morgan fingerprint density at radius 3 is 2.52 bits per heavy atom. The van der Waals surface area contributed by atoms with Gasteiger partial charge in [-0.1, -0.05) is 19.6 Å². The number of aromatic nitrogens is 3. The van der Waals surface area contributed by atoms with Gasteiger partial charge in [0.1, 0.15) is 6.73 Å². The van der Waals surface area contributed by atoms with Crippen molar-refractivity contribution in [3.8, 4) is 5.88 Å². The molecule has 2 aromatic heterocycles. The van der Waals surface area contributed by atoms with Crippen LogP contribution in [0.15, 0.2) is 12.4 Å². The monoisotopic (exact) mass is 347 g/mol. The normalized spacial score (nSPS) is 12.8. The summed E-state index contributed by atoms with van der Waals surface area (Å²) in [5.41, 5.74) is -0.752. The molecule has 0 amide bonds. The summed E-state index contributed by atoms with van der Waals surface area (Å²) in [5, 5.41) is 4.06. The van der Waals surface area contributed by atoms with E-state index in [1.165, 1.54) is 18.0 Å². The van der Waals surface area contributed by atoms with Crippen molar-refractivity contribution in [1.29, 1.82) is 0 Å². The first kappa shape index (κ1) is 17.7. The largest absolute Gasteiger partial charge is 0.479 e. The summed E-state index contributed by atoms with van der Waals surface area (Å²) in [4.78, 5) is 3.68. The molecule has 128 valence electrons. The van der Waals surface area contributed by atoms with Gasteiger partial charge in [-0.3, -0.25) is 0 Å². The van der Waals surface area contributed by atoms with Crippen LogP contribution in [0.4, 0.5) is 13.2 Å². The van der Waals surface area contributed by atoms with Crippen molar-refractivity contribution in [2.24, 2.45) is 0 Å². The highest BCUT2D eigenvalue weighted by atomic mass is 28.3. The summed E-state index contributed by atoms with van der Waals surface area (Å²) < 4.78 is 51.0. The Bertz CT molecular complexity index is 680. The quantitative estimate of drug-likeness (QED) is 0.589. The number of hydrogen-bond acceptors (Lipinski definition) is 4. The summed E-state index contributed by atoms with van der Waals surface area (Å²) in [6.45, 7) is 7.34. The summed E-state index contributed by atoms with van der Waals surface area (Å²) in [7, 11) is 0.137. The van der Waals surface area contributed by atoms with Crippen LogP contribution in [0.5, 0.6) is 5.88 Å². The molecule has 5 nitrogen and oxygen atoms in total. The lowest BCUT2D eigenvalue weighted by Crippen LogP contribution is -2.22. The van der Waals surface area contributed by atoms with Crippen LogP contribution in [0.2, 0.25) is 25.7 Å². The van der Waals surface area contributed by atoms with Gasteiger partial charge < -0.3 is 9.47 Å². The van der Waals surface area contributed by atoms with E-state index < -0.39 is 19.8 Å². The zero-order valence-corrected chi connectivity index (χ0v) is 14.6. The number of ether oxygens (including phenoxy) is 2. The number of halogens is 3. The number of nitrogens with zero attached hydrogens (tertiary/aromatic N) is 3. The van der Waals surface area contributed by atoms with Gasteiger partial charge in [-0.2, -0.15) is 18.3 Å². The number of rotatable bonds is 6. The fraction of sp³-hybridized carbons (Fsp3) is 0.571. The molecule has 0 aliphatic carbocycles. The third-order valence-corrected chi connectivity index (χ3v) is 4.99. The van der Waals surface area contributed by atoms with Crippen LogP contribution in [0.25, 0.3) is 10.9 Å². The molecule has 9 heteroatoms. The molecule has 23 heavy (non-hydrogen) atoms. The van der Waals surface area contributed by atoms with Gasteiger partial charge in [0.15, 0.2) is 5.52 Å². The molecule has 0 unspecified atom stereocenters. The zero-order chi connectivity index (χ0) is 17.3. The first-order valence-electron chi connectivity index (χ1n) is 7.17. The number of alkyl halides is 3. The van der Waals surface area contributed by atoms with Crippen LogP contribution in [-0.4, -0.2) is 36.6 Å². The third kappa shape index (κ3) is 4.44. The van der Waals surface area contributed by atoms with Crippen LogP contribution in [-0.2, 0) is 17.6 Å². The van der Waals surface area contributed by atoms with E-state index >= 15 is 0 Å². The van der Waals surface area contributed by atoms with E-state index in [-0.39, 0.29) is 23.5 Å². The molecule has 0 atom stereocenters. The maximum absolute atomic E-state index is 13.1. The third-order valence-electron chi connectivity index (χ3n) is 3.28. The van der Waals surface area contributed by atoms with Crippen molar-refractivity contribution in [2.45, 2.75) is 38.6 Å². The number of pyridine rings is 1. The van der Waals surface area contributed by atoms with Crippen molar-refractivity contribution < 1.29 is 22.6 Å². The van der Waals surface area contributed by atoms with E-state index in [9.17, 15) is 13.2 Å². The van der Waals surface area contributed by atoms with E-state index in [1.807, 2.05) is 0 Å². The molecule has 0 radical (unpaired) electrons. The minimum Gasteiger partial charge on any atom is -0.479 e. The van der Waals surface area contributed by atoms with E-state index in [2.05, 4.69) is 29.7 Å². The van der Waals surface area contributed by atoms with E-state index in [1.54, 1.807) is 0 Å². The fourth-order valence-corrected chi connectivity index (χ4v) is 2.76. The van der Waals surface area contributed by atoms with Crippen molar-refractivity contribution in [3.63, 3.8) is 0 Å².